The van der Waals surface area contributed by atoms with E-state index in [-0.39, 0.29) is 23.8 Å². The van der Waals surface area contributed by atoms with Crippen LogP contribution in [0.5, 0.6) is 5.75 Å². The van der Waals surface area contributed by atoms with E-state index in [0.717, 1.165) is 11.3 Å². The number of imide groups is 1. The first-order valence-corrected chi connectivity index (χ1v) is 10.3. The third kappa shape index (κ3) is 3.58. The van der Waals surface area contributed by atoms with Crippen molar-refractivity contribution in [3.63, 3.8) is 0 Å². The number of amides is 4. The van der Waals surface area contributed by atoms with E-state index in [1.54, 1.807) is 29.0 Å². The molecule has 29 heavy (non-hydrogen) atoms. The van der Waals surface area contributed by atoms with Gasteiger partial charge in [0.15, 0.2) is 0 Å². The van der Waals surface area contributed by atoms with Crippen molar-refractivity contribution in [2.24, 2.45) is 5.92 Å². The summed E-state index contributed by atoms with van der Waals surface area (Å²) in [5, 5.41) is 0. The zero-order chi connectivity index (χ0) is 21.3. The van der Waals surface area contributed by atoms with Crippen molar-refractivity contribution in [2.45, 2.75) is 46.1 Å². The van der Waals surface area contributed by atoms with Gasteiger partial charge in [0.1, 0.15) is 11.3 Å². The number of methoxy groups -OCH3 is 1. The molecule has 1 aromatic rings. The molecule has 0 aromatic heterocycles. The van der Waals surface area contributed by atoms with Gasteiger partial charge >= 0.3 is 6.03 Å². The molecule has 0 saturated carbocycles. The van der Waals surface area contributed by atoms with Crippen LogP contribution in [-0.4, -0.2) is 71.4 Å². The maximum absolute atomic E-state index is 13.1. The minimum atomic E-state index is -0.816. The average molecular weight is 402 g/mol. The van der Waals surface area contributed by atoms with Gasteiger partial charge in [-0.3, -0.25) is 14.5 Å². The summed E-state index contributed by atoms with van der Waals surface area (Å²) < 4.78 is 5.27. The second kappa shape index (κ2) is 8.05. The van der Waals surface area contributed by atoms with E-state index in [1.807, 2.05) is 33.8 Å². The molecular formula is C22H31N3O4. The van der Waals surface area contributed by atoms with Gasteiger partial charge in [-0.25, -0.2) is 4.79 Å². The van der Waals surface area contributed by atoms with Crippen LogP contribution in [0.25, 0.3) is 0 Å². The summed E-state index contributed by atoms with van der Waals surface area (Å²) >= 11 is 0. The molecule has 0 bridgehead atoms. The number of ether oxygens (including phenoxy) is 1. The molecule has 7 nitrogen and oxygen atoms in total. The number of carbonyl (C=O) groups is 3. The zero-order valence-corrected chi connectivity index (χ0v) is 18.0. The number of urea groups is 1. The Balaban J connectivity index is 1.78. The van der Waals surface area contributed by atoms with Crippen molar-refractivity contribution >= 4 is 17.8 Å². The minimum Gasteiger partial charge on any atom is -0.496 e. The lowest BCUT2D eigenvalue weighted by molar-refractivity contribution is -0.135. The second-order valence-electron chi connectivity index (χ2n) is 8.34. The van der Waals surface area contributed by atoms with Gasteiger partial charge in [0.25, 0.3) is 11.8 Å². The van der Waals surface area contributed by atoms with Gasteiger partial charge in [-0.2, -0.15) is 0 Å². The lowest BCUT2D eigenvalue weighted by Gasteiger charge is -2.42. The Labute approximate surface area is 172 Å². The third-order valence-corrected chi connectivity index (χ3v) is 6.01. The van der Waals surface area contributed by atoms with Crippen LogP contribution in [0.4, 0.5) is 4.79 Å². The average Bonchev–Trinajstić information content (AvgIpc) is 2.88. The largest absolute Gasteiger partial charge is 0.496 e. The highest BCUT2D eigenvalue weighted by molar-refractivity contribution is 6.07. The molecular weight excluding hydrogens is 370 g/mol. The van der Waals surface area contributed by atoms with Crippen LogP contribution in [0.1, 0.15) is 49.5 Å². The first kappa shape index (κ1) is 21.1. The van der Waals surface area contributed by atoms with Crippen LogP contribution >= 0.6 is 0 Å². The highest BCUT2D eigenvalue weighted by Gasteiger charge is 2.57. The molecule has 1 aromatic carbocycles. The first-order valence-electron chi connectivity index (χ1n) is 10.3. The molecule has 7 heteroatoms. The minimum absolute atomic E-state index is 0.0508. The molecule has 0 unspecified atom stereocenters. The van der Waals surface area contributed by atoms with Crippen LogP contribution in [0.3, 0.4) is 0 Å². The Kier molecular flexibility index (Phi) is 5.87. The molecule has 0 N–H and O–H groups in total. The maximum atomic E-state index is 13.1. The van der Waals surface area contributed by atoms with E-state index in [1.165, 1.54) is 4.90 Å². The Hall–Kier alpha value is -2.57. The van der Waals surface area contributed by atoms with Gasteiger partial charge in [0.05, 0.1) is 7.11 Å². The molecule has 3 rings (SSSR count). The fraction of sp³-hybridized carbons (Fsp3) is 0.591. The molecule has 0 aliphatic carbocycles. The summed E-state index contributed by atoms with van der Waals surface area (Å²) in [7, 11) is 1.61. The molecule has 1 spiro atoms. The summed E-state index contributed by atoms with van der Waals surface area (Å²) in [6.45, 7) is 9.66. The Morgan fingerprint density at radius 2 is 1.86 bits per heavy atom. The topological polar surface area (TPSA) is 70.2 Å². The Morgan fingerprint density at radius 3 is 2.38 bits per heavy atom. The van der Waals surface area contributed by atoms with E-state index in [9.17, 15) is 14.4 Å². The lowest BCUT2D eigenvalue weighted by Crippen LogP contribution is -2.58. The number of carbonyl (C=O) groups excluding carboxylic acids is 3. The van der Waals surface area contributed by atoms with E-state index >= 15 is 0 Å². The van der Waals surface area contributed by atoms with Crippen molar-refractivity contribution in [1.82, 2.24) is 14.7 Å². The normalized spacial score (nSPS) is 18.9. The fourth-order valence-corrected chi connectivity index (χ4v) is 4.44. The summed E-state index contributed by atoms with van der Waals surface area (Å²) in [6, 6.07) is 5.21. The number of hydrogen-bond donors (Lipinski definition) is 0. The SMILES string of the molecule is CCN1C(=O)N(CC(C)C)C2(CCN(C(=O)c3ccc(OC)c(C)c3)CC2)C1=O. The highest BCUT2D eigenvalue weighted by atomic mass is 16.5. The molecule has 2 saturated heterocycles. The van der Waals surface area contributed by atoms with Crippen molar-refractivity contribution in [2.75, 3.05) is 33.3 Å². The molecule has 2 fully saturated rings. The van der Waals surface area contributed by atoms with Crippen LogP contribution < -0.4 is 4.74 Å². The summed E-state index contributed by atoms with van der Waals surface area (Å²) in [4.78, 5) is 43.8. The van der Waals surface area contributed by atoms with E-state index in [0.29, 0.717) is 44.6 Å². The number of aryl methyl sites for hydroxylation is 1. The summed E-state index contributed by atoms with van der Waals surface area (Å²) in [5.74, 6) is 0.851. The van der Waals surface area contributed by atoms with Crippen LogP contribution in [-0.2, 0) is 4.79 Å². The second-order valence-corrected chi connectivity index (χ2v) is 8.34. The molecule has 2 aliphatic rings. The van der Waals surface area contributed by atoms with Crippen LogP contribution in [0.15, 0.2) is 18.2 Å². The summed E-state index contributed by atoms with van der Waals surface area (Å²) in [6.07, 6.45) is 0.948. The van der Waals surface area contributed by atoms with Crippen molar-refractivity contribution in [3.05, 3.63) is 29.3 Å². The van der Waals surface area contributed by atoms with Crippen LogP contribution in [0, 0.1) is 12.8 Å². The fourth-order valence-electron chi connectivity index (χ4n) is 4.44. The van der Waals surface area contributed by atoms with Crippen molar-refractivity contribution in [1.29, 1.82) is 0 Å². The summed E-state index contributed by atoms with van der Waals surface area (Å²) in [5.41, 5.74) is 0.705. The smallest absolute Gasteiger partial charge is 0.327 e. The van der Waals surface area contributed by atoms with Gasteiger partial charge < -0.3 is 14.5 Å². The monoisotopic (exact) mass is 401 g/mol. The predicted molar refractivity (Wildman–Crippen MR) is 110 cm³/mol. The predicted octanol–water partition coefficient (Wildman–Crippen LogP) is 2.92. The molecule has 0 atom stereocenters. The standard InChI is InChI=1S/C22H31N3O4/c1-6-24-20(27)22(25(21(24)28)14-15(2)3)9-11-23(12-10-22)19(26)17-7-8-18(29-5)16(4)13-17/h7-8,13,15H,6,9-12,14H2,1-5H3. The van der Waals surface area contributed by atoms with Gasteiger partial charge in [0.2, 0.25) is 0 Å². The number of piperidine rings is 1. The number of hydrogen-bond acceptors (Lipinski definition) is 4. The van der Waals surface area contributed by atoms with Gasteiger partial charge in [-0.05, 0) is 56.4 Å². The molecule has 2 aliphatic heterocycles. The van der Waals surface area contributed by atoms with E-state index in [2.05, 4.69) is 0 Å². The maximum Gasteiger partial charge on any atom is 0.327 e. The number of likely N-dealkylation sites (N-methyl/N-ethyl adjacent to an activating group) is 1. The third-order valence-electron chi connectivity index (χ3n) is 6.01. The Morgan fingerprint density at radius 1 is 1.21 bits per heavy atom. The quantitative estimate of drug-likeness (QED) is 0.712. The Bertz CT molecular complexity index is 812. The lowest BCUT2D eigenvalue weighted by atomic mass is 9.85. The number of nitrogens with zero attached hydrogens (tertiary/aromatic N) is 3. The van der Waals surface area contributed by atoms with Crippen molar-refractivity contribution in [3.8, 4) is 5.75 Å². The number of likely N-dealkylation sites (tertiary alicyclic amines) is 1. The van der Waals surface area contributed by atoms with Gasteiger partial charge in [0, 0.05) is 31.7 Å². The highest BCUT2D eigenvalue weighted by Crippen LogP contribution is 2.38. The van der Waals surface area contributed by atoms with E-state index < -0.39 is 5.54 Å². The number of rotatable bonds is 5. The van der Waals surface area contributed by atoms with Gasteiger partial charge in [-0.15, -0.1) is 0 Å². The molecule has 2 heterocycles. The molecule has 0 radical (unpaired) electrons. The van der Waals surface area contributed by atoms with Crippen LogP contribution in [0.2, 0.25) is 0 Å². The van der Waals surface area contributed by atoms with E-state index in [4.69, 9.17) is 4.74 Å². The molecule has 4 amide bonds. The zero-order valence-electron chi connectivity index (χ0n) is 18.0. The number of benzene rings is 1. The van der Waals surface area contributed by atoms with Gasteiger partial charge in [-0.1, -0.05) is 13.8 Å². The van der Waals surface area contributed by atoms with Crippen molar-refractivity contribution < 1.29 is 19.1 Å². The first-order chi connectivity index (χ1) is 13.7. The molecule has 158 valence electrons.